The van der Waals surface area contributed by atoms with Crippen LogP contribution >= 0.6 is 0 Å². The SMILES string of the molecule is N=C(N)c1ccc(CNC(=O)[C@]23C[C@H]2CCN3C(=O)[C@H](N)c2ccccc2)cc1. The Labute approximate surface area is 169 Å². The van der Waals surface area contributed by atoms with E-state index in [-0.39, 0.29) is 23.6 Å². The molecule has 2 aliphatic rings. The molecule has 1 heterocycles. The van der Waals surface area contributed by atoms with Gasteiger partial charge in [0.05, 0.1) is 0 Å². The fourth-order valence-electron chi connectivity index (χ4n) is 4.29. The number of likely N-dealkylation sites (tertiary alicyclic amines) is 1. The number of benzene rings is 2. The van der Waals surface area contributed by atoms with Crippen LogP contribution in [0.4, 0.5) is 0 Å². The van der Waals surface area contributed by atoms with Crippen LogP contribution in [-0.2, 0) is 16.1 Å². The van der Waals surface area contributed by atoms with Crippen molar-refractivity contribution in [3.8, 4) is 0 Å². The van der Waals surface area contributed by atoms with Gasteiger partial charge in [-0.15, -0.1) is 0 Å². The van der Waals surface area contributed by atoms with Crippen molar-refractivity contribution in [2.75, 3.05) is 6.54 Å². The van der Waals surface area contributed by atoms with Crippen LogP contribution in [-0.4, -0.2) is 34.6 Å². The van der Waals surface area contributed by atoms with Crippen LogP contribution in [0.3, 0.4) is 0 Å². The Morgan fingerprint density at radius 1 is 1.17 bits per heavy atom. The zero-order valence-electron chi connectivity index (χ0n) is 16.1. The van der Waals surface area contributed by atoms with Crippen molar-refractivity contribution in [1.29, 1.82) is 5.41 Å². The van der Waals surface area contributed by atoms with Gasteiger partial charge >= 0.3 is 0 Å². The van der Waals surface area contributed by atoms with Gasteiger partial charge in [0.25, 0.3) is 0 Å². The number of amides is 2. The molecule has 6 N–H and O–H groups in total. The summed E-state index contributed by atoms with van der Waals surface area (Å²) < 4.78 is 0. The summed E-state index contributed by atoms with van der Waals surface area (Å²) >= 11 is 0. The van der Waals surface area contributed by atoms with E-state index in [0.29, 0.717) is 25.1 Å². The van der Waals surface area contributed by atoms with E-state index in [1.165, 1.54) is 0 Å². The first-order valence-corrected chi connectivity index (χ1v) is 9.77. The van der Waals surface area contributed by atoms with E-state index in [1.54, 1.807) is 17.0 Å². The third-order valence-corrected chi connectivity index (χ3v) is 6.06. The number of fused-ring (bicyclic) bond motifs is 1. The molecule has 0 radical (unpaired) electrons. The van der Waals surface area contributed by atoms with Gasteiger partial charge in [-0.05, 0) is 29.9 Å². The van der Waals surface area contributed by atoms with Gasteiger partial charge < -0.3 is 21.7 Å². The Kier molecular flexibility index (Phi) is 4.84. The van der Waals surface area contributed by atoms with Gasteiger partial charge in [-0.1, -0.05) is 54.6 Å². The van der Waals surface area contributed by atoms with Crippen molar-refractivity contribution in [2.24, 2.45) is 17.4 Å². The van der Waals surface area contributed by atoms with Crippen molar-refractivity contribution < 1.29 is 9.59 Å². The number of rotatable bonds is 6. The molecule has 0 unspecified atom stereocenters. The van der Waals surface area contributed by atoms with Crippen LogP contribution in [0.15, 0.2) is 54.6 Å². The van der Waals surface area contributed by atoms with Crippen molar-refractivity contribution in [2.45, 2.75) is 31.0 Å². The average molecular weight is 391 g/mol. The summed E-state index contributed by atoms with van der Waals surface area (Å²) in [5.41, 5.74) is 13.2. The van der Waals surface area contributed by atoms with Gasteiger partial charge in [0.15, 0.2) is 0 Å². The van der Waals surface area contributed by atoms with Crippen LogP contribution in [0.5, 0.6) is 0 Å². The average Bonchev–Trinajstić information content (AvgIpc) is 3.37. The van der Waals surface area contributed by atoms with Gasteiger partial charge in [-0.25, -0.2) is 0 Å². The van der Waals surface area contributed by atoms with Crippen molar-refractivity contribution >= 4 is 17.6 Å². The first-order valence-electron chi connectivity index (χ1n) is 9.77. The predicted molar refractivity (Wildman–Crippen MR) is 110 cm³/mol. The standard InChI is InChI=1S/C22H25N5O2/c23-18(15-4-2-1-3-5-15)20(28)27-11-10-17-12-22(17,27)21(29)26-13-14-6-8-16(9-7-14)19(24)25/h1-9,17-18H,10-13,23H2,(H3,24,25)(H,26,29)/t17-,18-,22+/m1/s1. The summed E-state index contributed by atoms with van der Waals surface area (Å²) in [6.07, 6.45) is 1.52. The minimum absolute atomic E-state index is 0.00941. The molecule has 3 atom stereocenters. The molecule has 150 valence electrons. The van der Waals surface area contributed by atoms with Crippen LogP contribution < -0.4 is 16.8 Å². The van der Waals surface area contributed by atoms with Crippen LogP contribution in [0.25, 0.3) is 0 Å². The van der Waals surface area contributed by atoms with E-state index >= 15 is 0 Å². The molecule has 1 saturated carbocycles. The zero-order chi connectivity index (χ0) is 20.6. The minimum atomic E-state index is -0.764. The Bertz CT molecular complexity index is 943. The molecule has 1 aliphatic heterocycles. The van der Waals surface area contributed by atoms with Crippen LogP contribution in [0.1, 0.15) is 35.6 Å². The summed E-state index contributed by atoms with van der Waals surface area (Å²) in [7, 11) is 0. The number of hydrogen-bond acceptors (Lipinski definition) is 4. The molecule has 7 heteroatoms. The fourth-order valence-corrected chi connectivity index (χ4v) is 4.29. The topological polar surface area (TPSA) is 125 Å². The molecule has 2 aromatic rings. The number of nitrogens with one attached hydrogen (secondary N) is 2. The number of carbonyl (C=O) groups excluding carboxylic acids is 2. The quantitative estimate of drug-likeness (QED) is 0.437. The van der Waals surface area contributed by atoms with Gasteiger partial charge in [-0.3, -0.25) is 15.0 Å². The third-order valence-electron chi connectivity index (χ3n) is 6.06. The monoisotopic (exact) mass is 391 g/mol. The molecule has 0 spiro atoms. The molecule has 1 saturated heterocycles. The maximum absolute atomic E-state index is 13.1. The van der Waals surface area contributed by atoms with Crippen molar-refractivity contribution in [3.05, 3.63) is 71.3 Å². The number of piperidine rings is 1. The molecule has 2 aromatic carbocycles. The second-order valence-corrected chi connectivity index (χ2v) is 7.79. The molecule has 29 heavy (non-hydrogen) atoms. The Morgan fingerprint density at radius 3 is 2.48 bits per heavy atom. The van der Waals surface area contributed by atoms with E-state index in [0.717, 1.165) is 17.5 Å². The smallest absolute Gasteiger partial charge is 0.246 e. The first-order chi connectivity index (χ1) is 13.9. The molecule has 4 rings (SSSR count). The highest BCUT2D eigenvalue weighted by Crippen LogP contribution is 2.56. The number of hydrogen-bond donors (Lipinski definition) is 4. The lowest BCUT2D eigenvalue weighted by Gasteiger charge is -2.30. The van der Waals surface area contributed by atoms with Gasteiger partial charge in [-0.2, -0.15) is 0 Å². The van der Waals surface area contributed by atoms with E-state index < -0.39 is 11.6 Å². The highest BCUT2D eigenvalue weighted by molar-refractivity contribution is 5.97. The fraction of sp³-hybridized carbons (Fsp3) is 0.318. The zero-order valence-corrected chi connectivity index (χ0v) is 16.1. The van der Waals surface area contributed by atoms with Gasteiger partial charge in [0, 0.05) is 18.7 Å². The Hall–Kier alpha value is -3.19. The summed E-state index contributed by atoms with van der Waals surface area (Å²) in [5.74, 6) is -0.105. The molecule has 0 bridgehead atoms. The molecule has 7 nitrogen and oxygen atoms in total. The summed E-state index contributed by atoms with van der Waals surface area (Å²) in [6, 6.07) is 15.7. The highest BCUT2D eigenvalue weighted by Gasteiger charge is 2.68. The maximum atomic E-state index is 13.1. The summed E-state index contributed by atoms with van der Waals surface area (Å²) in [6.45, 7) is 0.920. The largest absolute Gasteiger partial charge is 0.384 e. The summed E-state index contributed by atoms with van der Waals surface area (Å²) in [4.78, 5) is 27.8. The van der Waals surface area contributed by atoms with E-state index in [2.05, 4.69) is 5.32 Å². The second kappa shape index (κ2) is 7.33. The van der Waals surface area contributed by atoms with Crippen LogP contribution in [0.2, 0.25) is 0 Å². The number of amidine groups is 1. The number of nitrogens with two attached hydrogens (primary N) is 2. The van der Waals surface area contributed by atoms with E-state index in [9.17, 15) is 9.59 Å². The lowest BCUT2D eigenvalue weighted by atomic mass is 10.1. The molecule has 2 fully saturated rings. The molecular weight excluding hydrogens is 366 g/mol. The number of nitrogens with zero attached hydrogens (tertiary/aromatic N) is 1. The lowest BCUT2D eigenvalue weighted by molar-refractivity contribution is -0.142. The molecule has 1 aliphatic carbocycles. The number of nitrogen functional groups attached to an aromatic ring is 1. The molecular formula is C22H25N5O2. The second-order valence-electron chi connectivity index (χ2n) is 7.79. The Morgan fingerprint density at radius 2 is 1.86 bits per heavy atom. The predicted octanol–water partition coefficient (Wildman–Crippen LogP) is 1.28. The normalized spacial score (nSPS) is 23.2. The van der Waals surface area contributed by atoms with Crippen molar-refractivity contribution in [1.82, 2.24) is 10.2 Å². The van der Waals surface area contributed by atoms with Gasteiger partial charge in [0.2, 0.25) is 11.8 Å². The number of carbonyl (C=O) groups is 2. The third kappa shape index (κ3) is 3.38. The summed E-state index contributed by atoms with van der Waals surface area (Å²) in [5, 5.41) is 10.4. The first kappa shape index (κ1) is 19.1. The maximum Gasteiger partial charge on any atom is 0.246 e. The Balaban J connectivity index is 1.43. The minimum Gasteiger partial charge on any atom is -0.384 e. The van der Waals surface area contributed by atoms with Crippen molar-refractivity contribution in [3.63, 3.8) is 0 Å². The molecule has 2 amide bonds. The molecule has 0 aromatic heterocycles. The lowest BCUT2D eigenvalue weighted by Crippen LogP contribution is -2.52. The van der Waals surface area contributed by atoms with Gasteiger partial charge in [0.1, 0.15) is 17.4 Å². The highest BCUT2D eigenvalue weighted by atomic mass is 16.2. The van der Waals surface area contributed by atoms with E-state index in [1.807, 2.05) is 42.5 Å². The van der Waals surface area contributed by atoms with Crippen LogP contribution in [0, 0.1) is 11.3 Å². The van der Waals surface area contributed by atoms with E-state index in [4.69, 9.17) is 16.9 Å².